The first-order valence-electron chi connectivity index (χ1n) is 7.77. The van der Waals surface area contributed by atoms with E-state index < -0.39 is 0 Å². The van der Waals surface area contributed by atoms with Crippen LogP contribution < -0.4 is 5.32 Å². The van der Waals surface area contributed by atoms with Crippen LogP contribution in [0.1, 0.15) is 28.8 Å². The molecular weight excluding hydrogens is 290 g/mol. The van der Waals surface area contributed by atoms with E-state index in [0.29, 0.717) is 13.1 Å². The molecule has 1 atom stereocenters. The van der Waals surface area contributed by atoms with Crippen LogP contribution >= 0.6 is 0 Å². The molecule has 2 rings (SSSR count). The molecule has 1 amide bonds. The molecule has 1 heterocycles. The molecule has 2 aromatic rings. The number of hydrogen-bond acceptors (Lipinski definition) is 4. The predicted molar refractivity (Wildman–Crippen MR) is 90.1 cm³/mol. The number of aryl methyl sites for hydroxylation is 3. The highest BCUT2D eigenvalue weighted by atomic mass is 16.2. The SMILES string of the molecule is Cc1ccc([C@H](C(=O)NCCn2nc(C)nc2C)N(C)C)cc1. The summed E-state index contributed by atoms with van der Waals surface area (Å²) in [5, 5.41) is 7.29. The molecule has 6 nitrogen and oxygen atoms in total. The van der Waals surface area contributed by atoms with Crippen LogP contribution in [-0.4, -0.2) is 46.2 Å². The van der Waals surface area contributed by atoms with E-state index in [9.17, 15) is 4.79 Å². The second-order valence-corrected chi connectivity index (χ2v) is 6.00. The normalized spacial score (nSPS) is 12.4. The van der Waals surface area contributed by atoms with E-state index in [1.165, 1.54) is 5.56 Å². The van der Waals surface area contributed by atoms with Crippen molar-refractivity contribution in [3.8, 4) is 0 Å². The Morgan fingerprint density at radius 1 is 1.22 bits per heavy atom. The number of amides is 1. The zero-order valence-electron chi connectivity index (χ0n) is 14.5. The molecule has 0 fully saturated rings. The number of nitrogens with zero attached hydrogens (tertiary/aromatic N) is 4. The average Bonchev–Trinajstić information content (AvgIpc) is 2.79. The highest BCUT2D eigenvalue weighted by Gasteiger charge is 2.22. The molecule has 1 aromatic carbocycles. The van der Waals surface area contributed by atoms with E-state index >= 15 is 0 Å². The molecule has 6 heteroatoms. The summed E-state index contributed by atoms with van der Waals surface area (Å²) in [7, 11) is 3.82. The van der Waals surface area contributed by atoms with Gasteiger partial charge in [-0.15, -0.1) is 0 Å². The Kier molecular flexibility index (Phi) is 5.50. The van der Waals surface area contributed by atoms with Gasteiger partial charge in [-0.05, 0) is 40.4 Å². The quantitative estimate of drug-likeness (QED) is 0.880. The predicted octanol–water partition coefficient (Wildman–Crippen LogP) is 1.62. The largest absolute Gasteiger partial charge is 0.353 e. The Balaban J connectivity index is 1.98. The molecule has 0 radical (unpaired) electrons. The van der Waals surface area contributed by atoms with Gasteiger partial charge in [0.15, 0.2) is 0 Å². The maximum absolute atomic E-state index is 12.6. The Morgan fingerprint density at radius 3 is 2.39 bits per heavy atom. The lowest BCUT2D eigenvalue weighted by atomic mass is 10.0. The van der Waals surface area contributed by atoms with Crippen LogP contribution in [0.2, 0.25) is 0 Å². The molecule has 0 aliphatic carbocycles. The van der Waals surface area contributed by atoms with Gasteiger partial charge in [-0.2, -0.15) is 5.10 Å². The standard InChI is InChI=1S/C17H25N5O/c1-12-6-8-15(9-7-12)16(21(4)5)17(23)18-10-11-22-14(3)19-13(2)20-22/h6-9,16H,10-11H2,1-5H3,(H,18,23)/t16-/m1/s1. The summed E-state index contributed by atoms with van der Waals surface area (Å²) < 4.78 is 1.81. The number of likely N-dealkylation sites (N-methyl/N-ethyl adjacent to an activating group) is 1. The van der Waals surface area contributed by atoms with Crippen molar-refractivity contribution in [3.05, 3.63) is 47.0 Å². The molecule has 0 unspecified atom stereocenters. The van der Waals surface area contributed by atoms with Gasteiger partial charge in [0.25, 0.3) is 0 Å². The van der Waals surface area contributed by atoms with Crippen molar-refractivity contribution in [1.29, 1.82) is 0 Å². The first-order valence-corrected chi connectivity index (χ1v) is 7.77. The third-order valence-electron chi connectivity index (χ3n) is 3.74. The van der Waals surface area contributed by atoms with Crippen molar-refractivity contribution < 1.29 is 4.79 Å². The molecule has 0 spiro atoms. The minimum absolute atomic E-state index is 0.00616. The van der Waals surface area contributed by atoms with Gasteiger partial charge in [-0.3, -0.25) is 9.69 Å². The first-order chi connectivity index (χ1) is 10.9. The van der Waals surface area contributed by atoms with Crippen LogP contribution in [0, 0.1) is 20.8 Å². The van der Waals surface area contributed by atoms with Crippen LogP contribution in [0.4, 0.5) is 0 Å². The van der Waals surface area contributed by atoms with Crippen LogP contribution in [-0.2, 0) is 11.3 Å². The monoisotopic (exact) mass is 315 g/mol. The van der Waals surface area contributed by atoms with Crippen molar-refractivity contribution in [2.24, 2.45) is 0 Å². The Morgan fingerprint density at radius 2 is 1.87 bits per heavy atom. The lowest BCUT2D eigenvalue weighted by molar-refractivity contribution is -0.125. The number of carbonyl (C=O) groups excluding carboxylic acids is 1. The fourth-order valence-corrected chi connectivity index (χ4v) is 2.59. The maximum atomic E-state index is 12.6. The topological polar surface area (TPSA) is 63.1 Å². The highest BCUT2D eigenvalue weighted by molar-refractivity contribution is 5.83. The van der Waals surface area contributed by atoms with Gasteiger partial charge < -0.3 is 5.32 Å². The molecule has 0 aliphatic rings. The zero-order valence-corrected chi connectivity index (χ0v) is 14.5. The van der Waals surface area contributed by atoms with Gasteiger partial charge in [-0.25, -0.2) is 9.67 Å². The summed E-state index contributed by atoms with van der Waals surface area (Å²) in [5.74, 6) is 1.60. The molecule has 23 heavy (non-hydrogen) atoms. The van der Waals surface area contributed by atoms with Gasteiger partial charge in [0.05, 0.1) is 6.54 Å². The number of carbonyl (C=O) groups is 1. The van der Waals surface area contributed by atoms with Crippen LogP contribution in [0.3, 0.4) is 0 Å². The number of nitrogens with one attached hydrogen (secondary N) is 1. The minimum Gasteiger partial charge on any atom is -0.353 e. The first kappa shape index (κ1) is 17.1. The summed E-state index contributed by atoms with van der Waals surface area (Å²) in [6.07, 6.45) is 0. The minimum atomic E-state index is -0.297. The molecule has 1 N–H and O–H groups in total. The number of rotatable bonds is 6. The summed E-state index contributed by atoms with van der Waals surface area (Å²) in [6.45, 7) is 6.96. The number of aromatic nitrogens is 3. The van der Waals surface area contributed by atoms with Crippen LogP contribution in [0.5, 0.6) is 0 Å². The van der Waals surface area contributed by atoms with E-state index in [0.717, 1.165) is 17.2 Å². The maximum Gasteiger partial charge on any atom is 0.242 e. The third-order valence-corrected chi connectivity index (χ3v) is 3.74. The molecule has 124 valence electrons. The lowest BCUT2D eigenvalue weighted by Crippen LogP contribution is -2.38. The van der Waals surface area contributed by atoms with Gasteiger partial charge in [0.1, 0.15) is 17.7 Å². The molecule has 0 saturated carbocycles. The van der Waals surface area contributed by atoms with Crippen molar-refractivity contribution in [2.45, 2.75) is 33.4 Å². The second-order valence-electron chi connectivity index (χ2n) is 6.00. The van der Waals surface area contributed by atoms with Gasteiger partial charge >= 0.3 is 0 Å². The van der Waals surface area contributed by atoms with Crippen molar-refractivity contribution in [1.82, 2.24) is 25.0 Å². The van der Waals surface area contributed by atoms with Crippen molar-refractivity contribution in [3.63, 3.8) is 0 Å². The second kappa shape index (κ2) is 7.37. The number of benzene rings is 1. The Labute approximate surface area is 137 Å². The fourth-order valence-electron chi connectivity index (χ4n) is 2.59. The molecule has 0 saturated heterocycles. The zero-order chi connectivity index (χ0) is 17.0. The summed E-state index contributed by atoms with van der Waals surface area (Å²) in [4.78, 5) is 18.7. The van der Waals surface area contributed by atoms with E-state index in [4.69, 9.17) is 0 Å². The summed E-state index contributed by atoms with van der Waals surface area (Å²) in [5.41, 5.74) is 2.18. The van der Waals surface area contributed by atoms with Crippen molar-refractivity contribution >= 4 is 5.91 Å². The molecule has 0 bridgehead atoms. The fraction of sp³-hybridized carbons (Fsp3) is 0.471. The van der Waals surface area contributed by atoms with Crippen LogP contribution in [0.25, 0.3) is 0 Å². The number of hydrogen-bond donors (Lipinski definition) is 1. The van der Waals surface area contributed by atoms with E-state index in [1.807, 2.05) is 68.7 Å². The smallest absolute Gasteiger partial charge is 0.242 e. The lowest BCUT2D eigenvalue weighted by Gasteiger charge is -2.24. The van der Waals surface area contributed by atoms with Crippen LogP contribution in [0.15, 0.2) is 24.3 Å². The van der Waals surface area contributed by atoms with Crippen molar-refractivity contribution in [2.75, 3.05) is 20.6 Å². The Bertz CT molecular complexity index is 660. The van der Waals surface area contributed by atoms with E-state index in [2.05, 4.69) is 15.4 Å². The van der Waals surface area contributed by atoms with E-state index in [-0.39, 0.29) is 11.9 Å². The average molecular weight is 315 g/mol. The molecule has 0 aliphatic heterocycles. The van der Waals surface area contributed by atoms with Gasteiger partial charge in [0, 0.05) is 6.54 Å². The van der Waals surface area contributed by atoms with Gasteiger partial charge in [0.2, 0.25) is 5.91 Å². The molecule has 1 aromatic heterocycles. The summed E-state index contributed by atoms with van der Waals surface area (Å²) in [6, 6.07) is 7.77. The van der Waals surface area contributed by atoms with Gasteiger partial charge in [-0.1, -0.05) is 29.8 Å². The Hall–Kier alpha value is -2.21. The summed E-state index contributed by atoms with van der Waals surface area (Å²) >= 11 is 0. The third kappa shape index (κ3) is 4.39. The van der Waals surface area contributed by atoms with E-state index in [1.54, 1.807) is 0 Å². The highest BCUT2D eigenvalue weighted by Crippen LogP contribution is 2.18. The molecular formula is C17H25N5O.